The Kier molecular flexibility index (Phi) is 4.59. The summed E-state index contributed by atoms with van der Waals surface area (Å²) < 4.78 is 10.7. The highest BCUT2D eigenvalue weighted by Gasteiger charge is 2.29. The molecule has 0 saturated heterocycles. The van der Waals surface area contributed by atoms with Crippen molar-refractivity contribution in [2.24, 2.45) is 0 Å². The van der Waals surface area contributed by atoms with Crippen LogP contribution < -0.4 is 5.32 Å². The minimum atomic E-state index is 0.752. The molecular weight excluding hydrogens is 216 g/mol. The van der Waals surface area contributed by atoms with Gasteiger partial charge in [-0.2, -0.15) is 0 Å². The number of hydrogen-bond acceptors (Lipinski definition) is 4. The van der Waals surface area contributed by atoms with Crippen molar-refractivity contribution in [3.63, 3.8) is 0 Å². The minimum Gasteiger partial charge on any atom is -0.468 e. The van der Waals surface area contributed by atoms with E-state index in [9.17, 15) is 0 Å². The maximum absolute atomic E-state index is 5.49. The molecule has 96 valence electrons. The van der Waals surface area contributed by atoms with Crippen molar-refractivity contribution < 1.29 is 9.15 Å². The molecule has 1 aliphatic rings. The number of ether oxygens (including phenoxy) is 1. The first kappa shape index (κ1) is 12.6. The zero-order chi connectivity index (χ0) is 12.1. The zero-order valence-electron chi connectivity index (χ0n) is 10.7. The van der Waals surface area contributed by atoms with Crippen molar-refractivity contribution in [2.45, 2.75) is 32.0 Å². The van der Waals surface area contributed by atoms with Gasteiger partial charge in [-0.15, -0.1) is 0 Å². The van der Waals surface area contributed by atoms with Gasteiger partial charge in [-0.1, -0.05) is 0 Å². The summed E-state index contributed by atoms with van der Waals surface area (Å²) in [5, 5.41) is 3.13. The molecule has 1 aromatic heterocycles. The molecule has 4 heteroatoms. The highest BCUT2D eigenvalue weighted by Crippen LogP contribution is 2.28. The molecule has 1 N–H and O–H groups in total. The number of nitrogens with one attached hydrogen (secondary N) is 1. The molecular formula is C13H22N2O2. The van der Waals surface area contributed by atoms with Crippen molar-refractivity contribution in [1.82, 2.24) is 10.2 Å². The maximum atomic E-state index is 5.49. The third kappa shape index (κ3) is 3.56. The minimum absolute atomic E-state index is 0.752. The van der Waals surface area contributed by atoms with Gasteiger partial charge in [-0.25, -0.2) is 0 Å². The van der Waals surface area contributed by atoms with E-state index in [4.69, 9.17) is 9.15 Å². The van der Waals surface area contributed by atoms with Crippen molar-refractivity contribution in [1.29, 1.82) is 0 Å². The average Bonchev–Trinajstić information content (AvgIpc) is 3.08. The van der Waals surface area contributed by atoms with Crippen LogP contribution in [-0.4, -0.2) is 38.3 Å². The molecule has 0 radical (unpaired) electrons. The van der Waals surface area contributed by atoms with Crippen LogP contribution in [0.5, 0.6) is 0 Å². The van der Waals surface area contributed by atoms with Gasteiger partial charge < -0.3 is 14.5 Å². The molecule has 0 atom stereocenters. The van der Waals surface area contributed by atoms with Crippen LogP contribution in [0.15, 0.2) is 16.7 Å². The van der Waals surface area contributed by atoms with Crippen LogP contribution in [0.4, 0.5) is 0 Å². The lowest BCUT2D eigenvalue weighted by Gasteiger charge is -2.21. The molecule has 0 spiro atoms. The standard InChI is InChI=1S/C13H22N2O2/c1-14-9-13-11(5-7-17-13)10-15(6-8-16-2)12-3-4-12/h5,7,12,14H,3-4,6,8-10H2,1-2H3. The Balaban J connectivity index is 1.93. The molecule has 0 aromatic carbocycles. The van der Waals surface area contributed by atoms with Crippen LogP contribution in [0.2, 0.25) is 0 Å². The molecule has 0 unspecified atom stereocenters. The third-order valence-corrected chi connectivity index (χ3v) is 3.19. The van der Waals surface area contributed by atoms with Crippen LogP contribution in [0.25, 0.3) is 0 Å². The summed E-state index contributed by atoms with van der Waals surface area (Å²) in [5.74, 6) is 1.05. The molecule has 2 rings (SSSR count). The van der Waals surface area contributed by atoms with Crippen LogP contribution in [0.1, 0.15) is 24.2 Å². The first-order valence-corrected chi connectivity index (χ1v) is 6.28. The van der Waals surface area contributed by atoms with Gasteiger partial charge in [0, 0.05) is 31.8 Å². The molecule has 4 nitrogen and oxygen atoms in total. The van der Waals surface area contributed by atoms with E-state index < -0.39 is 0 Å². The average molecular weight is 238 g/mol. The van der Waals surface area contributed by atoms with E-state index in [0.717, 1.165) is 38.0 Å². The summed E-state index contributed by atoms with van der Waals surface area (Å²) in [6, 6.07) is 2.83. The van der Waals surface area contributed by atoms with Gasteiger partial charge in [0.05, 0.1) is 19.4 Å². The zero-order valence-corrected chi connectivity index (χ0v) is 10.7. The van der Waals surface area contributed by atoms with E-state index in [-0.39, 0.29) is 0 Å². The molecule has 1 aromatic rings. The van der Waals surface area contributed by atoms with Gasteiger partial charge in [-0.3, -0.25) is 4.90 Å². The largest absolute Gasteiger partial charge is 0.468 e. The van der Waals surface area contributed by atoms with E-state index in [0.29, 0.717) is 0 Å². The first-order chi connectivity index (χ1) is 8.35. The number of hydrogen-bond donors (Lipinski definition) is 1. The SMILES string of the molecule is CNCc1occc1CN(CCOC)C1CC1. The van der Waals surface area contributed by atoms with Crippen LogP contribution in [-0.2, 0) is 17.8 Å². The predicted octanol–water partition coefficient (Wildman–Crippen LogP) is 1.61. The van der Waals surface area contributed by atoms with Crippen molar-refractivity contribution in [3.8, 4) is 0 Å². The number of nitrogens with zero attached hydrogens (tertiary/aromatic N) is 1. The lowest BCUT2D eigenvalue weighted by atomic mass is 10.2. The molecule has 1 fully saturated rings. The van der Waals surface area contributed by atoms with Gasteiger partial charge in [0.15, 0.2) is 0 Å². The molecule has 17 heavy (non-hydrogen) atoms. The fourth-order valence-corrected chi connectivity index (χ4v) is 2.08. The normalized spacial score (nSPS) is 15.7. The topological polar surface area (TPSA) is 37.6 Å². The first-order valence-electron chi connectivity index (χ1n) is 6.28. The van der Waals surface area contributed by atoms with E-state index in [2.05, 4.69) is 16.3 Å². The Morgan fingerprint density at radius 3 is 3.00 bits per heavy atom. The predicted molar refractivity (Wildman–Crippen MR) is 66.8 cm³/mol. The summed E-state index contributed by atoms with van der Waals surface area (Å²) in [6.07, 6.45) is 4.43. The second-order valence-electron chi connectivity index (χ2n) is 4.59. The van der Waals surface area contributed by atoms with Gasteiger partial charge in [0.1, 0.15) is 5.76 Å². The third-order valence-electron chi connectivity index (χ3n) is 3.19. The lowest BCUT2D eigenvalue weighted by molar-refractivity contribution is 0.139. The van der Waals surface area contributed by atoms with Crippen LogP contribution in [0.3, 0.4) is 0 Å². The molecule has 1 aliphatic carbocycles. The second-order valence-corrected chi connectivity index (χ2v) is 4.59. The Labute approximate surface area is 103 Å². The summed E-state index contributed by atoms with van der Waals surface area (Å²) in [5.41, 5.74) is 1.29. The molecule has 0 aliphatic heterocycles. The van der Waals surface area contributed by atoms with Gasteiger partial charge >= 0.3 is 0 Å². The summed E-state index contributed by atoms with van der Waals surface area (Å²) in [7, 11) is 3.70. The fraction of sp³-hybridized carbons (Fsp3) is 0.692. The van der Waals surface area contributed by atoms with Crippen LogP contribution in [0, 0.1) is 0 Å². The summed E-state index contributed by atoms with van der Waals surface area (Å²) >= 11 is 0. The number of rotatable bonds is 8. The molecule has 1 heterocycles. The second kappa shape index (κ2) is 6.19. The van der Waals surface area contributed by atoms with Gasteiger partial charge in [0.25, 0.3) is 0 Å². The van der Waals surface area contributed by atoms with Crippen LogP contribution >= 0.6 is 0 Å². The van der Waals surface area contributed by atoms with Crippen molar-refractivity contribution >= 4 is 0 Å². The van der Waals surface area contributed by atoms with Gasteiger partial charge in [0.2, 0.25) is 0 Å². The smallest absolute Gasteiger partial charge is 0.122 e. The Bertz CT molecular complexity index is 334. The lowest BCUT2D eigenvalue weighted by Crippen LogP contribution is -2.29. The highest BCUT2D eigenvalue weighted by atomic mass is 16.5. The summed E-state index contributed by atoms with van der Waals surface area (Å²) in [6.45, 7) is 3.58. The van der Waals surface area contributed by atoms with E-state index in [1.807, 2.05) is 7.05 Å². The summed E-state index contributed by atoms with van der Waals surface area (Å²) in [4.78, 5) is 2.49. The Morgan fingerprint density at radius 1 is 1.53 bits per heavy atom. The Hall–Kier alpha value is -0.840. The van der Waals surface area contributed by atoms with Crippen molar-refractivity contribution in [3.05, 3.63) is 23.7 Å². The fourth-order valence-electron chi connectivity index (χ4n) is 2.08. The van der Waals surface area contributed by atoms with E-state index >= 15 is 0 Å². The van der Waals surface area contributed by atoms with E-state index in [1.54, 1.807) is 13.4 Å². The molecule has 0 amide bonds. The number of furan rings is 1. The molecule has 1 saturated carbocycles. The van der Waals surface area contributed by atoms with E-state index in [1.165, 1.54) is 18.4 Å². The number of methoxy groups -OCH3 is 1. The van der Waals surface area contributed by atoms with Crippen molar-refractivity contribution in [2.75, 3.05) is 27.3 Å². The monoisotopic (exact) mass is 238 g/mol. The quantitative estimate of drug-likeness (QED) is 0.746. The Morgan fingerprint density at radius 2 is 2.35 bits per heavy atom. The molecule has 0 bridgehead atoms. The highest BCUT2D eigenvalue weighted by molar-refractivity contribution is 5.17. The maximum Gasteiger partial charge on any atom is 0.122 e. The van der Waals surface area contributed by atoms with Gasteiger partial charge in [-0.05, 0) is 26.0 Å².